The number of likely N-dealkylation sites (tertiary alicyclic amines) is 1. The Morgan fingerprint density at radius 3 is 2.37 bits per heavy atom. The second kappa shape index (κ2) is 8.72. The van der Waals surface area contributed by atoms with Crippen LogP contribution in [0.15, 0.2) is 18.2 Å². The molecule has 0 unspecified atom stereocenters. The van der Waals surface area contributed by atoms with Crippen molar-refractivity contribution in [3.8, 4) is 0 Å². The number of hydrogen-bond donors (Lipinski definition) is 2. The average Bonchev–Trinajstić information content (AvgIpc) is 2.69. The summed E-state index contributed by atoms with van der Waals surface area (Å²) in [6, 6.07) is 5.32. The van der Waals surface area contributed by atoms with E-state index in [4.69, 9.17) is 17.3 Å². The Balaban J connectivity index is 1.61. The van der Waals surface area contributed by atoms with E-state index in [2.05, 4.69) is 5.32 Å². The Bertz CT molecular complexity index is 693. The molecule has 2 aliphatic rings. The minimum absolute atomic E-state index is 0.0427. The maximum absolute atomic E-state index is 13.0. The van der Waals surface area contributed by atoms with E-state index < -0.39 is 6.03 Å². The van der Waals surface area contributed by atoms with Crippen LogP contribution in [0.25, 0.3) is 0 Å². The summed E-state index contributed by atoms with van der Waals surface area (Å²) in [5, 5.41) is 4.13. The van der Waals surface area contributed by atoms with Crippen molar-refractivity contribution in [1.82, 2.24) is 5.32 Å². The van der Waals surface area contributed by atoms with Crippen molar-refractivity contribution in [3.05, 3.63) is 34.3 Å². The Hall–Kier alpha value is -1.43. The summed E-state index contributed by atoms with van der Waals surface area (Å²) >= 11 is 6.07. The number of imide groups is 1. The monoisotopic (exact) mass is 392 g/mol. The zero-order valence-corrected chi connectivity index (χ0v) is 16.9. The molecule has 27 heavy (non-hydrogen) atoms. The number of nitrogens with two attached hydrogens (primary N) is 1. The summed E-state index contributed by atoms with van der Waals surface area (Å²) in [7, 11) is 0. The number of rotatable bonds is 4. The molecule has 0 saturated carbocycles. The van der Waals surface area contributed by atoms with Gasteiger partial charge in [0.05, 0.1) is 19.5 Å². The van der Waals surface area contributed by atoms with E-state index in [0.29, 0.717) is 37.8 Å². The SMILES string of the molecule is Cc1cc(CCC(=O)[N+]2(C(N)=O)CCC(C3CCNCC3)CC2)ccc1Cl. The first-order valence-electron chi connectivity index (χ1n) is 10.1. The van der Waals surface area contributed by atoms with Crippen molar-refractivity contribution < 1.29 is 14.1 Å². The summed E-state index contributed by atoms with van der Waals surface area (Å²) in [5.74, 6) is 1.29. The first-order chi connectivity index (χ1) is 12.9. The molecular weight excluding hydrogens is 362 g/mol. The van der Waals surface area contributed by atoms with Gasteiger partial charge >= 0.3 is 11.9 Å². The Kier molecular flexibility index (Phi) is 6.56. The van der Waals surface area contributed by atoms with Crippen molar-refractivity contribution in [2.45, 2.75) is 45.4 Å². The van der Waals surface area contributed by atoms with E-state index in [1.54, 1.807) is 0 Å². The number of quaternary nitrogens is 1. The number of urea groups is 1. The van der Waals surface area contributed by atoms with Gasteiger partial charge < -0.3 is 11.1 Å². The van der Waals surface area contributed by atoms with E-state index >= 15 is 0 Å². The zero-order chi connectivity index (χ0) is 19.4. The van der Waals surface area contributed by atoms with Crippen molar-refractivity contribution in [3.63, 3.8) is 0 Å². The van der Waals surface area contributed by atoms with E-state index in [-0.39, 0.29) is 10.4 Å². The van der Waals surface area contributed by atoms with Gasteiger partial charge in [0, 0.05) is 17.9 Å². The first-order valence-corrected chi connectivity index (χ1v) is 10.5. The third kappa shape index (κ3) is 4.53. The number of piperidine rings is 2. The summed E-state index contributed by atoms with van der Waals surface area (Å²) in [5.41, 5.74) is 7.79. The minimum Gasteiger partial charge on any atom is -0.318 e. The molecule has 0 bridgehead atoms. The van der Waals surface area contributed by atoms with Crippen molar-refractivity contribution in [2.24, 2.45) is 17.6 Å². The van der Waals surface area contributed by atoms with E-state index in [1.165, 1.54) is 12.8 Å². The molecule has 2 heterocycles. The highest BCUT2D eigenvalue weighted by atomic mass is 35.5. The van der Waals surface area contributed by atoms with Gasteiger partial charge in [-0.15, -0.1) is 0 Å². The Labute approximate surface area is 166 Å². The smallest absolute Gasteiger partial charge is 0.318 e. The normalized spacial score (nSPS) is 26.7. The maximum atomic E-state index is 13.0. The second-order valence-electron chi connectivity index (χ2n) is 8.16. The fourth-order valence-corrected chi connectivity index (χ4v) is 4.85. The summed E-state index contributed by atoms with van der Waals surface area (Å²) < 4.78 is -0.173. The molecule has 0 radical (unpaired) electrons. The molecule has 2 aliphatic heterocycles. The van der Waals surface area contributed by atoms with Crippen LogP contribution in [0.4, 0.5) is 4.79 Å². The van der Waals surface area contributed by atoms with E-state index in [1.807, 2.05) is 25.1 Å². The highest BCUT2D eigenvalue weighted by molar-refractivity contribution is 6.31. The highest BCUT2D eigenvalue weighted by Crippen LogP contribution is 2.34. The van der Waals surface area contributed by atoms with Crippen LogP contribution in [0.3, 0.4) is 0 Å². The number of benzene rings is 1. The van der Waals surface area contributed by atoms with Crippen molar-refractivity contribution in [1.29, 1.82) is 0 Å². The molecule has 148 valence electrons. The van der Waals surface area contributed by atoms with Crippen molar-refractivity contribution >= 4 is 23.5 Å². The van der Waals surface area contributed by atoms with Crippen LogP contribution in [-0.2, 0) is 11.2 Å². The number of amides is 3. The summed E-state index contributed by atoms with van der Waals surface area (Å²) in [6.45, 7) is 5.23. The number of aryl methyl sites for hydroxylation is 2. The molecule has 3 N–H and O–H groups in total. The predicted molar refractivity (Wildman–Crippen MR) is 107 cm³/mol. The third-order valence-electron chi connectivity index (χ3n) is 6.56. The molecule has 0 spiro atoms. The van der Waals surface area contributed by atoms with Gasteiger partial charge in [-0.3, -0.25) is 0 Å². The third-order valence-corrected chi connectivity index (χ3v) is 6.99. The molecular formula is C21H31ClN3O2+. The van der Waals surface area contributed by atoms with Crippen LogP contribution < -0.4 is 11.1 Å². The van der Waals surface area contributed by atoms with Gasteiger partial charge in [-0.05, 0) is 68.3 Å². The lowest BCUT2D eigenvalue weighted by atomic mass is 9.78. The lowest BCUT2D eigenvalue weighted by Gasteiger charge is -2.41. The molecule has 0 atom stereocenters. The molecule has 3 amide bonds. The van der Waals surface area contributed by atoms with Crippen LogP contribution in [0, 0.1) is 18.8 Å². The maximum Gasteiger partial charge on any atom is 0.421 e. The van der Waals surface area contributed by atoms with Crippen molar-refractivity contribution in [2.75, 3.05) is 26.2 Å². The number of carbonyl (C=O) groups is 2. The minimum atomic E-state index is -0.490. The van der Waals surface area contributed by atoms with Crippen LogP contribution >= 0.6 is 11.6 Å². The molecule has 2 saturated heterocycles. The van der Waals surface area contributed by atoms with E-state index in [9.17, 15) is 9.59 Å². The standard InChI is InChI=1S/C21H30ClN3O2/c1-15-14-16(2-4-19(15)22)3-5-20(26)25(21(23)27)12-8-18(9-13-25)17-6-10-24-11-7-17/h2,4,14,17-18,24H,3,5-13H2,1H3,(H-,23,27)/p+1. The molecule has 1 aromatic carbocycles. The lowest BCUT2D eigenvalue weighted by molar-refractivity contribution is -0.781. The predicted octanol–water partition coefficient (Wildman–Crippen LogP) is 3.41. The van der Waals surface area contributed by atoms with Crippen LogP contribution in [0.2, 0.25) is 5.02 Å². The Morgan fingerprint density at radius 2 is 1.78 bits per heavy atom. The molecule has 3 rings (SSSR count). The number of primary amides is 1. The lowest BCUT2D eigenvalue weighted by Crippen LogP contribution is -2.63. The van der Waals surface area contributed by atoms with E-state index in [0.717, 1.165) is 42.1 Å². The zero-order valence-electron chi connectivity index (χ0n) is 16.2. The first kappa shape index (κ1) is 20.3. The number of nitrogens with one attached hydrogen (secondary N) is 1. The topological polar surface area (TPSA) is 72.2 Å². The van der Waals surface area contributed by atoms with Gasteiger partial charge in [-0.25, -0.2) is 9.59 Å². The molecule has 2 fully saturated rings. The molecule has 5 nitrogen and oxygen atoms in total. The summed E-state index contributed by atoms with van der Waals surface area (Å²) in [4.78, 5) is 25.3. The fourth-order valence-electron chi connectivity index (χ4n) is 4.74. The molecule has 0 aromatic heterocycles. The van der Waals surface area contributed by atoms with Crippen LogP contribution in [0.5, 0.6) is 0 Å². The largest absolute Gasteiger partial charge is 0.421 e. The van der Waals surface area contributed by atoms with Gasteiger partial charge in [-0.2, -0.15) is 4.48 Å². The van der Waals surface area contributed by atoms with Gasteiger partial charge in [0.2, 0.25) is 0 Å². The van der Waals surface area contributed by atoms with Gasteiger partial charge in [-0.1, -0.05) is 23.7 Å². The average molecular weight is 393 g/mol. The number of hydrogen-bond acceptors (Lipinski definition) is 3. The number of nitrogens with zero attached hydrogens (tertiary/aromatic N) is 1. The quantitative estimate of drug-likeness (QED) is 0.771. The van der Waals surface area contributed by atoms with Crippen LogP contribution in [0.1, 0.15) is 43.2 Å². The Morgan fingerprint density at radius 1 is 1.15 bits per heavy atom. The van der Waals surface area contributed by atoms with Crippen LogP contribution in [-0.4, -0.2) is 42.6 Å². The van der Waals surface area contributed by atoms with Gasteiger partial charge in [0.1, 0.15) is 0 Å². The molecule has 1 aromatic rings. The fraction of sp³-hybridized carbons (Fsp3) is 0.619. The highest BCUT2D eigenvalue weighted by Gasteiger charge is 2.46. The van der Waals surface area contributed by atoms with Gasteiger partial charge in [0.15, 0.2) is 0 Å². The van der Waals surface area contributed by atoms with Gasteiger partial charge in [0.25, 0.3) is 0 Å². The second-order valence-corrected chi connectivity index (χ2v) is 8.56. The summed E-state index contributed by atoms with van der Waals surface area (Å²) in [6.07, 6.45) is 5.18. The molecule has 6 heteroatoms. The molecule has 0 aliphatic carbocycles. The number of carbonyl (C=O) groups excluding carboxylic acids is 2. The number of halogens is 1.